The normalized spacial score (nSPS) is 15.2. The Morgan fingerprint density at radius 2 is 2.11 bits per heavy atom. The van der Waals surface area contributed by atoms with Gasteiger partial charge in [0.1, 0.15) is 0 Å². The molecule has 0 radical (unpaired) electrons. The van der Waals surface area contributed by atoms with Crippen LogP contribution in [0.3, 0.4) is 0 Å². The molecule has 28 heavy (non-hydrogen) atoms. The second-order valence-corrected chi connectivity index (χ2v) is 8.72. The topological polar surface area (TPSA) is 58.8 Å². The maximum atomic E-state index is 13.2. The molecule has 2 aromatic heterocycles. The van der Waals surface area contributed by atoms with Crippen molar-refractivity contribution in [1.82, 2.24) is 9.88 Å². The van der Waals surface area contributed by atoms with Gasteiger partial charge in [-0.25, -0.2) is 4.98 Å². The van der Waals surface area contributed by atoms with Crippen LogP contribution in [0.15, 0.2) is 33.4 Å². The first kappa shape index (κ1) is 19.8. The molecule has 3 heterocycles. The number of aryl methyl sites for hydroxylation is 1. The fourth-order valence-electron chi connectivity index (χ4n) is 3.12. The van der Waals surface area contributed by atoms with Crippen LogP contribution in [-0.2, 0) is 4.74 Å². The molecule has 148 valence electrons. The maximum absolute atomic E-state index is 13.2. The number of halogens is 2. The van der Waals surface area contributed by atoms with E-state index in [1.54, 1.807) is 17.0 Å². The number of aromatic nitrogens is 1. The molecule has 0 N–H and O–H groups in total. The molecular formula is C19H19BrClN3O3S. The summed E-state index contributed by atoms with van der Waals surface area (Å²) in [6, 6.07) is 7.19. The smallest absolute Gasteiger partial charge is 0.295 e. The number of anilines is 1. The number of amides is 1. The molecule has 0 aliphatic carbocycles. The molecule has 1 fully saturated rings. The molecule has 4 rings (SSSR count). The molecule has 1 saturated heterocycles. The molecular weight excluding hydrogens is 466 g/mol. The highest BCUT2D eigenvalue weighted by atomic mass is 79.9. The number of ether oxygens (including phenoxy) is 1. The zero-order valence-electron chi connectivity index (χ0n) is 15.3. The van der Waals surface area contributed by atoms with E-state index < -0.39 is 0 Å². The fraction of sp³-hybridized carbons (Fsp3) is 0.368. The number of hydrogen-bond acceptors (Lipinski definition) is 6. The predicted octanol–water partition coefficient (Wildman–Crippen LogP) is 4.59. The van der Waals surface area contributed by atoms with E-state index in [1.165, 1.54) is 11.3 Å². The summed E-state index contributed by atoms with van der Waals surface area (Å²) in [5.74, 6) is 0.0581. The van der Waals surface area contributed by atoms with Crippen LogP contribution in [0, 0.1) is 6.92 Å². The van der Waals surface area contributed by atoms with Crippen LogP contribution in [0.1, 0.15) is 16.1 Å². The third kappa shape index (κ3) is 4.11. The van der Waals surface area contributed by atoms with E-state index in [2.05, 4.69) is 20.8 Å². The van der Waals surface area contributed by atoms with Gasteiger partial charge in [-0.2, -0.15) is 0 Å². The van der Waals surface area contributed by atoms with E-state index in [0.717, 1.165) is 48.6 Å². The lowest BCUT2D eigenvalue weighted by Gasteiger charge is -2.28. The Kier molecular flexibility index (Phi) is 6.03. The van der Waals surface area contributed by atoms with E-state index in [4.69, 9.17) is 25.7 Å². The van der Waals surface area contributed by atoms with Crippen molar-refractivity contribution in [3.05, 3.63) is 45.3 Å². The van der Waals surface area contributed by atoms with E-state index >= 15 is 0 Å². The van der Waals surface area contributed by atoms with Gasteiger partial charge in [0.15, 0.2) is 15.6 Å². The molecule has 1 aromatic carbocycles. The third-order valence-corrected chi connectivity index (χ3v) is 6.65. The number of benzene rings is 1. The zero-order valence-corrected chi connectivity index (χ0v) is 18.4. The number of thiazole rings is 1. The van der Waals surface area contributed by atoms with Crippen LogP contribution in [0.4, 0.5) is 5.13 Å². The second kappa shape index (κ2) is 8.51. The van der Waals surface area contributed by atoms with Crippen molar-refractivity contribution >= 4 is 60.1 Å². The Morgan fingerprint density at radius 3 is 2.79 bits per heavy atom. The van der Waals surface area contributed by atoms with Crippen LogP contribution >= 0.6 is 38.9 Å². The summed E-state index contributed by atoms with van der Waals surface area (Å²) in [5, 5.41) is 1.27. The molecule has 0 unspecified atom stereocenters. The summed E-state index contributed by atoms with van der Waals surface area (Å²) in [4.78, 5) is 21.9. The van der Waals surface area contributed by atoms with Gasteiger partial charge in [0.05, 0.1) is 28.5 Å². The van der Waals surface area contributed by atoms with Gasteiger partial charge in [-0.3, -0.25) is 14.6 Å². The summed E-state index contributed by atoms with van der Waals surface area (Å²) >= 11 is 11.1. The highest BCUT2D eigenvalue weighted by Crippen LogP contribution is 2.36. The molecule has 1 aliphatic rings. The van der Waals surface area contributed by atoms with Gasteiger partial charge in [-0.1, -0.05) is 29.0 Å². The number of furan rings is 1. The van der Waals surface area contributed by atoms with E-state index in [9.17, 15) is 4.79 Å². The lowest BCUT2D eigenvalue weighted by atomic mass is 10.2. The number of carbonyl (C=O) groups excluding carboxylic acids is 1. The lowest BCUT2D eigenvalue weighted by molar-refractivity contribution is 0.0390. The Labute approximate surface area is 180 Å². The molecule has 6 nitrogen and oxygen atoms in total. The van der Waals surface area contributed by atoms with E-state index in [-0.39, 0.29) is 11.7 Å². The van der Waals surface area contributed by atoms with E-state index in [0.29, 0.717) is 21.4 Å². The quantitative estimate of drug-likeness (QED) is 0.530. The minimum absolute atomic E-state index is 0.216. The Bertz CT molecular complexity index is 961. The van der Waals surface area contributed by atoms with Gasteiger partial charge in [-0.15, -0.1) is 0 Å². The maximum Gasteiger partial charge on any atom is 0.295 e. The molecule has 1 amide bonds. The van der Waals surface area contributed by atoms with Crippen LogP contribution < -0.4 is 4.90 Å². The molecule has 3 aromatic rings. The molecule has 0 spiro atoms. The average Bonchev–Trinajstić information content (AvgIpc) is 3.33. The number of hydrogen-bond donors (Lipinski definition) is 0. The summed E-state index contributed by atoms with van der Waals surface area (Å²) in [5.41, 5.74) is 1.86. The molecule has 0 bridgehead atoms. The van der Waals surface area contributed by atoms with Gasteiger partial charge < -0.3 is 9.15 Å². The number of rotatable bonds is 5. The van der Waals surface area contributed by atoms with Crippen LogP contribution in [0.2, 0.25) is 5.02 Å². The van der Waals surface area contributed by atoms with Crippen molar-refractivity contribution in [2.24, 2.45) is 0 Å². The molecule has 1 aliphatic heterocycles. The lowest BCUT2D eigenvalue weighted by Crippen LogP contribution is -2.43. The monoisotopic (exact) mass is 483 g/mol. The average molecular weight is 485 g/mol. The minimum Gasteiger partial charge on any atom is -0.444 e. The first-order valence-corrected chi connectivity index (χ1v) is 10.9. The van der Waals surface area contributed by atoms with Crippen molar-refractivity contribution < 1.29 is 13.9 Å². The standard InChI is InChI=1S/C19H19BrClN3O3S/c1-12-2-3-13(21)17-16(12)22-19(28-17)24(7-6-23-8-10-26-11-9-23)18(25)14-4-5-15(20)27-14/h2-5H,6-11H2,1H3. The Morgan fingerprint density at radius 1 is 1.32 bits per heavy atom. The fourth-order valence-corrected chi connectivity index (χ4v) is 4.77. The molecule has 0 atom stereocenters. The van der Waals surface area contributed by atoms with Crippen molar-refractivity contribution in [1.29, 1.82) is 0 Å². The second-order valence-electron chi connectivity index (χ2n) is 6.55. The van der Waals surface area contributed by atoms with Gasteiger partial charge in [0.25, 0.3) is 5.91 Å². The SMILES string of the molecule is Cc1ccc(Cl)c2sc(N(CCN3CCOCC3)C(=O)c3ccc(Br)o3)nc12. The number of fused-ring (bicyclic) bond motifs is 1. The van der Waals surface area contributed by atoms with Gasteiger partial charge in [0, 0.05) is 26.2 Å². The highest BCUT2D eigenvalue weighted by molar-refractivity contribution is 9.10. The number of nitrogens with zero attached hydrogens (tertiary/aromatic N) is 3. The Balaban J connectivity index is 1.66. The van der Waals surface area contributed by atoms with Gasteiger partial charge in [-0.05, 0) is 46.6 Å². The zero-order chi connectivity index (χ0) is 19.7. The third-order valence-electron chi connectivity index (χ3n) is 4.69. The summed E-state index contributed by atoms with van der Waals surface area (Å²) in [7, 11) is 0. The van der Waals surface area contributed by atoms with Crippen LogP contribution in [0.25, 0.3) is 10.2 Å². The van der Waals surface area contributed by atoms with Crippen molar-refractivity contribution in [3.8, 4) is 0 Å². The first-order valence-electron chi connectivity index (χ1n) is 8.96. The molecule has 0 saturated carbocycles. The first-order chi connectivity index (χ1) is 13.5. The number of carbonyl (C=O) groups is 1. The molecule has 9 heteroatoms. The van der Waals surface area contributed by atoms with Crippen LogP contribution in [0.5, 0.6) is 0 Å². The van der Waals surface area contributed by atoms with Gasteiger partial charge in [0.2, 0.25) is 0 Å². The highest BCUT2D eigenvalue weighted by Gasteiger charge is 2.25. The van der Waals surface area contributed by atoms with Crippen LogP contribution in [-0.4, -0.2) is 55.2 Å². The Hall–Kier alpha value is -1.45. The summed E-state index contributed by atoms with van der Waals surface area (Å²) < 4.78 is 12.3. The van der Waals surface area contributed by atoms with Crippen molar-refractivity contribution in [2.45, 2.75) is 6.92 Å². The largest absolute Gasteiger partial charge is 0.444 e. The van der Waals surface area contributed by atoms with Crippen molar-refractivity contribution in [2.75, 3.05) is 44.3 Å². The van der Waals surface area contributed by atoms with Gasteiger partial charge >= 0.3 is 0 Å². The van der Waals surface area contributed by atoms with Crippen molar-refractivity contribution in [3.63, 3.8) is 0 Å². The summed E-state index contributed by atoms with van der Waals surface area (Å²) in [6.07, 6.45) is 0. The van der Waals surface area contributed by atoms with E-state index in [1.807, 2.05) is 19.1 Å². The predicted molar refractivity (Wildman–Crippen MR) is 115 cm³/mol. The minimum atomic E-state index is -0.216. The summed E-state index contributed by atoms with van der Waals surface area (Å²) in [6.45, 7) is 6.39. The number of morpholine rings is 1.